The molecular formula is C14H18N4O3. The minimum atomic E-state index is -0.722. The Bertz CT molecular complexity index is 612. The molecule has 21 heavy (non-hydrogen) atoms. The molecule has 1 unspecified atom stereocenters. The van der Waals surface area contributed by atoms with E-state index >= 15 is 0 Å². The third kappa shape index (κ3) is 2.96. The maximum absolute atomic E-state index is 12.4. The first kappa shape index (κ1) is 14.8. The Morgan fingerprint density at radius 2 is 2.10 bits per heavy atom. The normalized spacial score (nSPS) is 18.1. The molecule has 112 valence electrons. The Balaban J connectivity index is 2.23. The molecule has 1 fully saturated rings. The Morgan fingerprint density at radius 3 is 2.71 bits per heavy atom. The van der Waals surface area contributed by atoms with Gasteiger partial charge in [-0.15, -0.1) is 0 Å². The predicted octanol–water partition coefficient (Wildman–Crippen LogP) is 0.154. The molecule has 0 radical (unpaired) electrons. The highest BCUT2D eigenvalue weighted by atomic mass is 16.2. The summed E-state index contributed by atoms with van der Waals surface area (Å²) in [7, 11) is 1.70. The maximum atomic E-state index is 12.4. The first-order valence-corrected chi connectivity index (χ1v) is 6.65. The topological polar surface area (TPSA) is 113 Å². The van der Waals surface area contributed by atoms with Crippen molar-refractivity contribution in [2.45, 2.75) is 25.8 Å². The highest BCUT2D eigenvalue weighted by Gasteiger charge is 2.29. The Hall–Kier alpha value is -2.57. The van der Waals surface area contributed by atoms with Crippen LogP contribution >= 0.6 is 0 Å². The van der Waals surface area contributed by atoms with Crippen LogP contribution in [-0.2, 0) is 9.59 Å². The van der Waals surface area contributed by atoms with E-state index in [-0.39, 0.29) is 18.7 Å². The molecule has 1 heterocycles. The second-order valence-electron chi connectivity index (χ2n) is 4.95. The lowest BCUT2D eigenvalue weighted by Gasteiger charge is -2.23. The van der Waals surface area contributed by atoms with Gasteiger partial charge in [-0.3, -0.25) is 19.7 Å². The zero-order valence-corrected chi connectivity index (χ0v) is 11.9. The van der Waals surface area contributed by atoms with E-state index < -0.39 is 17.9 Å². The van der Waals surface area contributed by atoms with Crippen molar-refractivity contribution in [1.82, 2.24) is 10.6 Å². The number of nitrogens with one attached hydrogen (secondary N) is 3. The van der Waals surface area contributed by atoms with Crippen molar-refractivity contribution in [1.29, 1.82) is 0 Å². The van der Waals surface area contributed by atoms with E-state index in [1.165, 1.54) is 0 Å². The van der Waals surface area contributed by atoms with Crippen LogP contribution < -0.4 is 21.7 Å². The lowest BCUT2D eigenvalue weighted by molar-refractivity contribution is -0.134. The lowest BCUT2D eigenvalue weighted by atomic mass is 10.0. The molecule has 7 heteroatoms. The fourth-order valence-corrected chi connectivity index (χ4v) is 2.35. The summed E-state index contributed by atoms with van der Waals surface area (Å²) in [6.45, 7) is 1.86. The van der Waals surface area contributed by atoms with E-state index in [0.717, 1.165) is 5.56 Å². The summed E-state index contributed by atoms with van der Waals surface area (Å²) in [5, 5.41) is 7.77. The number of imide groups is 1. The van der Waals surface area contributed by atoms with Gasteiger partial charge < -0.3 is 16.4 Å². The number of carbonyl (C=O) groups is 3. The highest BCUT2D eigenvalue weighted by Crippen LogP contribution is 2.26. The summed E-state index contributed by atoms with van der Waals surface area (Å²) in [6, 6.07) is 2.74. The van der Waals surface area contributed by atoms with E-state index in [0.29, 0.717) is 16.9 Å². The number of hydrogen-bond acceptors (Lipinski definition) is 5. The molecule has 5 N–H and O–H groups in total. The number of anilines is 2. The van der Waals surface area contributed by atoms with Gasteiger partial charge in [0.2, 0.25) is 11.8 Å². The summed E-state index contributed by atoms with van der Waals surface area (Å²) in [5.74, 6) is -1.25. The molecule has 1 aliphatic heterocycles. The molecule has 0 aliphatic carbocycles. The van der Waals surface area contributed by atoms with Crippen molar-refractivity contribution in [3.8, 4) is 0 Å². The fourth-order valence-electron chi connectivity index (χ4n) is 2.35. The molecule has 0 saturated carbocycles. The second kappa shape index (κ2) is 5.82. The Morgan fingerprint density at radius 1 is 1.38 bits per heavy atom. The van der Waals surface area contributed by atoms with Crippen LogP contribution in [0.5, 0.6) is 0 Å². The van der Waals surface area contributed by atoms with Gasteiger partial charge in [0.05, 0.1) is 11.3 Å². The van der Waals surface area contributed by atoms with Gasteiger partial charge in [-0.05, 0) is 25.0 Å². The number of hydrogen-bond donors (Lipinski definition) is 4. The Kier molecular flexibility index (Phi) is 4.11. The number of nitrogens with two attached hydrogens (primary N) is 1. The van der Waals surface area contributed by atoms with Crippen molar-refractivity contribution in [2.24, 2.45) is 0 Å². The van der Waals surface area contributed by atoms with Gasteiger partial charge in [-0.2, -0.15) is 0 Å². The molecule has 3 amide bonds. The number of aryl methyl sites for hydroxylation is 1. The zero-order chi connectivity index (χ0) is 15.6. The number of amides is 3. The number of piperidine rings is 1. The molecule has 0 spiro atoms. The first-order valence-electron chi connectivity index (χ1n) is 6.65. The van der Waals surface area contributed by atoms with E-state index in [4.69, 9.17) is 5.73 Å². The van der Waals surface area contributed by atoms with Crippen molar-refractivity contribution in [3.63, 3.8) is 0 Å². The third-order valence-corrected chi connectivity index (χ3v) is 3.47. The van der Waals surface area contributed by atoms with E-state index in [9.17, 15) is 14.4 Å². The van der Waals surface area contributed by atoms with Gasteiger partial charge in [0.25, 0.3) is 5.91 Å². The maximum Gasteiger partial charge on any atom is 0.256 e. The Labute approximate surface area is 122 Å². The fraction of sp³-hybridized carbons (Fsp3) is 0.357. The molecule has 2 rings (SSSR count). The van der Waals surface area contributed by atoms with Crippen LogP contribution in [0.25, 0.3) is 0 Å². The van der Waals surface area contributed by atoms with Crippen molar-refractivity contribution < 1.29 is 14.4 Å². The van der Waals surface area contributed by atoms with Gasteiger partial charge in [0, 0.05) is 19.2 Å². The van der Waals surface area contributed by atoms with Crippen molar-refractivity contribution in [3.05, 3.63) is 23.3 Å². The van der Waals surface area contributed by atoms with Gasteiger partial charge in [-0.1, -0.05) is 6.07 Å². The predicted molar refractivity (Wildman–Crippen MR) is 78.8 cm³/mol. The molecular weight excluding hydrogens is 272 g/mol. The molecule has 1 aromatic carbocycles. The van der Waals surface area contributed by atoms with Gasteiger partial charge in [0.15, 0.2) is 0 Å². The quantitative estimate of drug-likeness (QED) is 0.467. The summed E-state index contributed by atoms with van der Waals surface area (Å²) >= 11 is 0. The standard InChI is InChI=1S/C14H18N4O3/c1-7-3-4-8(15)11(12(7)16-2)14(21)17-9-5-6-10(19)18-13(9)20/h3-4,9,16H,5-6,15H2,1-2H3,(H,17,21)(H,18,19,20). The summed E-state index contributed by atoms with van der Waals surface area (Å²) in [5.41, 5.74) is 8.01. The van der Waals surface area contributed by atoms with Crippen LogP contribution in [0.4, 0.5) is 11.4 Å². The molecule has 0 aromatic heterocycles. The van der Waals surface area contributed by atoms with Crippen LogP contribution in [0, 0.1) is 6.92 Å². The van der Waals surface area contributed by atoms with E-state index in [1.54, 1.807) is 13.1 Å². The summed E-state index contributed by atoms with van der Waals surface area (Å²) < 4.78 is 0. The van der Waals surface area contributed by atoms with Gasteiger partial charge >= 0.3 is 0 Å². The highest BCUT2D eigenvalue weighted by molar-refractivity contribution is 6.08. The van der Waals surface area contributed by atoms with Crippen LogP contribution in [0.1, 0.15) is 28.8 Å². The van der Waals surface area contributed by atoms with Crippen LogP contribution in [0.3, 0.4) is 0 Å². The molecule has 1 aromatic rings. The molecule has 0 bridgehead atoms. The average molecular weight is 290 g/mol. The summed E-state index contributed by atoms with van der Waals surface area (Å²) in [4.78, 5) is 35.2. The lowest BCUT2D eigenvalue weighted by Crippen LogP contribution is -2.52. The molecule has 1 aliphatic rings. The minimum absolute atomic E-state index is 0.207. The molecule has 1 atom stereocenters. The number of rotatable bonds is 3. The average Bonchev–Trinajstić information content (AvgIpc) is 2.43. The van der Waals surface area contributed by atoms with Crippen molar-refractivity contribution in [2.75, 3.05) is 18.1 Å². The number of benzene rings is 1. The van der Waals surface area contributed by atoms with Crippen LogP contribution in [0.15, 0.2) is 12.1 Å². The van der Waals surface area contributed by atoms with Gasteiger partial charge in [-0.25, -0.2) is 0 Å². The van der Waals surface area contributed by atoms with Gasteiger partial charge in [0.1, 0.15) is 6.04 Å². The SMILES string of the molecule is CNc1c(C)ccc(N)c1C(=O)NC1CCC(=O)NC1=O. The monoisotopic (exact) mass is 290 g/mol. The van der Waals surface area contributed by atoms with E-state index in [1.807, 2.05) is 13.0 Å². The third-order valence-electron chi connectivity index (χ3n) is 3.47. The number of carbonyl (C=O) groups excluding carboxylic acids is 3. The molecule has 7 nitrogen and oxygen atoms in total. The van der Waals surface area contributed by atoms with Crippen molar-refractivity contribution >= 4 is 29.1 Å². The van der Waals surface area contributed by atoms with Crippen LogP contribution in [-0.4, -0.2) is 30.8 Å². The number of nitrogen functional groups attached to an aromatic ring is 1. The van der Waals surface area contributed by atoms with Crippen LogP contribution in [0.2, 0.25) is 0 Å². The largest absolute Gasteiger partial charge is 0.398 e. The second-order valence-corrected chi connectivity index (χ2v) is 4.95. The minimum Gasteiger partial charge on any atom is -0.398 e. The van der Waals surface area contributed by atoms with E-state index in [2.05, 4.69) is 16.0 Å². The summed E-state index contributed by atoms with van der Waals surface area (Å²) in [6.07, 6.45) is 0.496. The molecule has 1 saturated heterocycles. The first-order chi connectivity index (χ1) is 9.93. The smallest absolute Gasteiger partial charge is 0.256 e. The zero-order valence-electron chi connectivity index (χ0n) is 11.9.